The second kappa shape index (κ2) is 55.6. The Labute approximate surface area is 407 Å². The predicted octanol–water partition coefficient (Wildman–Crippen LogP) is 18.6. The van der Waals surface area contributed by atoms with E-state index in [2.05, 4.69) is 142 Å². The molecule has 0 spiro atoms. The van der Waals surface area contributed by atoms with Gasteiger partial charge in [0.1, 0.15) is 6.61 Å². The van der Waals surface area contributed by atoms with Crippen molar-refractivity contribution in [2.24, 2.45) is 0 Å². The fourth-order valence-electron chi connectivity index (χ4n) is 7.00. The number of allylic oxidation sites excluding steroid dienone is 20. The molecule has 0 fully saturated rings. The molecule has 1 atom stereocenters. The first-order valence-electron chi connectivity index (χ1n) is 27.1. The molecule has 5 heteroatoms. The molecular weight excluding hydrogens is 813 g/mol. The lowest BCUT2D eigenvalue weighted by Crippen LogP contribution is -2.30. The minimum Gasteiger partial charge on any atom is -0.462 e. The zero-order chi connectivity index (χ0) is 47.7. The monoisotopic (exact) mass is 913 g/mol. The molecule has 0 aliphatic heterocycles. The van der Waals surface area contributed by atoms with Gasteiger partial charge in [-0.3, -0.25) is 9.59 Å². The summed E-state index contributed by atoms with van der Waals surface area (Å²) < 4.78 is 17.4. The minimum atomic E-state index is -0.570. The van der Waals surface area contributed by atoms with E-state index >= 15 is 0 Å². The highest BCUT2D eigenvalue weighted by Gasteiger charge is 2.17. The van der Waals surface area contributed by atoms with Crippen molar-refractivity contribution in [3.63, 3.8) is 0 Å². The van der Waals surface area contributed by atoms with Crippen LogP contribution >= 0.6 is 0 Å². The number of ether oxygens (including phenoxy) is 3. The van der Waals surface area contributed by atoms with Gasteiger partial charge in [0.2, 0.25) is 0 Å². The summed E-state index contributed by atoms with van der Waals surface area (Å²) in [5, 5.41) is 0. The molecule has 0 rings (SSSR count). The molecule has 0 bridgehead atoms. The summed E-state index contributed by atoms with van der Waals surface area (Å²) in [6.07, 6.45) is 77.8. The van der Waals surface area contributed by atoms with E-state index < -0.39 is 6.10 Å². The molecule has 0 radical (unpaired) electrons. The minimum absolute atomic E-state index is 0.0519. The average Bonchev–Trinajstić information content (AvgIpc) is 3.32. The van der Waals surface area contributed by atoms with Crippen molar-refractivity contribution >= 4 is 11.9 Å². The molecule has 0 N–H and O–H groups in total. The summed E-state index contributed by atoms with van der Waals surface area (Å²) in [7, 11) is 0. The summed E-state index contributed by atoms with van der Waals surface area (Å²) in [4.78, 5) is 25.4. The lowest BCUT2D eigenvalue weighted by Gasteiger charge is -2.18. The summed E-state index contributed by atoms with van der Waals surface area (Å²) in [6.45, 7) is 7.47. The Morgan fingerprint density at radius 1 is 0.348 bits per heavy atom. The molecule has 0 saturated heterocycles. The van der Waals surface area contributed by atoms with Crippen LogP contribution in [0.1, 0.15) is 226 Å². The fraction of sp³-hybridized carbons (Fsp3) is 0.639. The van der Waals surface area contributed by atoms with Crippen molar-refractivity contribution in [1.82, 2.24) is 0 Å². The van der Waals surface area contributed by atoms with Gasteiger partial charge in [-0.15, -0.1) is 0 Å². The maximum atomic E-state index is 12.8. The standard InChI is InChI=1S/C61H100O5/c1-4-7-10-13-16-19-22-25-27-29-31-32-34-37-39-42-45-48-51-54-60(62)65-58-59(66-61(63)55-52-49-46-43-40-36-24-21-18-15-12-9-6-3)57-64-56-53-50-47-44-41-38-35-33-30-28-26-23-20-17-14-11-8-5-2/h7-8,10-12,15-17,19-21,24-28,31-32,37,39,59H,4-6,9,13-14,18,22-23,29-30,33-36,38,40-58H2,1-3H3/b10-7-,11-8-,15-12-,19-16-,20-17-,24-21-,27-25-,28-26-,32-31-,39-37-. The topological polar surface area (TPSA) is 61.8 Å². The molecule has 0 heterocycles. The Bertz CT molecular complexity index is 1350. The highest BCUT2D eigenvalue weighted by Crippen LogP contribution is 2.13. The number of unbranched alkanes of at least 4 members (excludes halogenated alkanes) is 17. The van der Waals surface area contributed by atoms with Crippen LogP contribution in [0, 0.1) is 0 Å². The van der Waals surface area contributed by atoms with Crippen LogP contribution in [0.2, 0.25) is 0 Å². The van der Waals surface area contributed by atoms with Gasteiger partial charge in [-0.1, -0.05) is 213 Å². The Kier molecular flexibility index (Phi) is 52.5. The normalized spacial score (nSPS) is 13.2. The van der Waals surface area contributed by atoms with Crippen LogP contribution in [0.15, 0.2) is 122 Å². The van der Waals surface area contributed by atoms with Gasteiger partial charge in [0, 0.05) is 19.4 Å². The largest absolute Gasteiger partial charge is 0.462 e. The smallest absolute Gasteiger partial charge is 0.306 e. The van der Waals surface area contributed by atoms with Gasteiger partial charge in [0.25, 0.3) is 0 Å². The Hall–Kier alpha value is -3.70. The molecule has 66 heavy (non-hydrogen) atoms. The number of hydrogen-bond acceptors (Lipinski definition) is 5. The van der Waals surface area contributed by atoms with E-state index in [4.69, 9.17) is 14.2 Å². The number of carbonyl (C=O) groups excluding carboxylic acids is 2. The molecule has 0 aliphatic carbocycles. The van der Waals surface area contributed by atoms with Crippen LogP contribution in [0.3, 0.4) is 0 Å². The van der Waals surface area contributed by atoms with Crippen molar-refractivity contribution in [2.45, 2.75) is 232 Å². The van der Waals surface area contributed by atoms with Gasteiger partial charge in [-0.05, 0) is 122 Å². The van der Waals surface area contributed by atoms with Crippen LogP contribution in [0.5, 0.6) is 0 Å². The lowest BCUT2D eigenvalue weighted by atomic mass is 10.1. The van der Waals surface area contributed by atoms with E-state index in [0.29, 0.717) is 19.4 Å². The van der Waals surface area contributed by atoms with Crippen LogP contribution in [0.25, 0.3) is 0 Å². The molecule has 5 nitrogen and oxygen atoms in total. The lowest BCUT2D eigenvalue weighted by molar-refractivity contribution is -0.163. The quantitative estimate of drug-likeness (QED) is 0.0346. The SMILES string of the molecule is CC/C=C\C/C=C\C/C=C\C/C=C\C/C=C\CCCCCC(=O)OCC(COCCCCCCCCCC/C=C\C/C=C\C/C=C\CC)OC(=O)CCCCCCC/C=C\C/C=C\CCC. The highest BCUT2D eigenvalue weighted by molar-refractivity contribution is 5.70. The molecule has 374 valence electrons. The average molecular weight is 913 g/mol. The third kappa shape index (κ3) is 52.9. The first-order valence-corrected chi connectivity index (χ1v) is 27.1. The Morgan fingerprint density at radius 2 is 0.682 bits per heavy atom. The van der Waals surface area contributed by atoms with E-state index in [9.17, 15) is 9.59 Å². The number of rotatable bonds is 48. The summed E-state index contributed by atoms with van der Waals surface area (Å²) in [5.74, 6) is -0.461. The molecular formula is C61H100O5. The third-order valence-corrected chi connectivity index (χ3v) is 10.9. The van der Waals surface area contributed by atoms with E-state index in [0.717, 1.165) is 128 Å². The third-order valence-electron chi connectivity index (χ3n) is 10.9. The van der Waals surface area contributed by atoms with Crippen LogP contribution in [0.4, 0.5) is 0 Å². The van der Waals surface area contributed by atoms with Gasteiger partial charge in [0.15, 0.2) is 6.10 Å². The van der Waals surface area contributed by atoms with Gasteiger partial charge in [-0.25, -0.2) is 0 Å². The zero-order valence-electron chi connectivity index (χ0n) is 42.9. The van der Waals surface area contributed by atoms with E-state index in [1.807, 2.05) is 0 Å². The fourth-order valence-corrected chi connectivity index (χ4v) is 7.00. The van der Waals surface area contributed by atoms with Gasteiger partial charge >= 0.3 is 11.9 Å². The van der Waals surface area contributed by atoms with Crippen LogP contribution < -0.4 is 0 Å². The number of carbonyl (C=O) groups is 2. The molecule has 1 unspecified atom stereocenters. The number of hydrogen-bond donors (Lipinski definition) is 0. The summed E-state index contributed by atoms with van der Waals surface area (Å²) in [6, 6.07) is 0. The van der Waals surface area contributed by atoms with E-state index in [1.54, 1.807) is 0 Å². The van der Waals surface area contributed by atoms with E-state index in [-0.39, 0.29) is 25.2 Å². The first-order chi connectivity index (χ1) is 32.6. The Balaban J connectivity index is 4.37. The van der Waals surface area contributed by atoms with Crippen LogP contribution in [-0.2, 0) is 23.8 Å². The highest BCUT2D eigenvalue weighted by atomic mass is 16.6. The maximum absolute atomic E-state index is 12.8. The van der Waals surface area contributed by atoms with Crippen molar-refractivity contribution < 1.29 is 23.8 Å². The maximum Gasteiger partial charge on any atom is 0.306 e. The number of esters is 2. The predicted molar refractivity (Wildman–Crippen MR) is 288 cm³/mol. The van der Waals surface area contributed by atoms with Crippen LogP contribution in [-0.4, -0.2) is 37.9 Å². The van der Waals surface area contributed by atoms with Gasteiger partial charge in [0.05, 0.1) is 6.61 Å². The van der Waals surface area contributed by atoms with Crippen molar-refractivity contribution in [3.8, 4) is 0 Å². The molecule has 0 aromatic rings. The molecule has 0 aromatic heterocycles. The first kappa shape index (κ1) is 62.3. The van der Waals surface area contributed by atoms with Gasteiger partial charge in [-0.2, -0.15) is 0 Å². The summed E-state index contributed by atoms with van der Waals surface area (Å²) >= 11 is 0. The molecule has 0 aliphatic rings. The van der Waals surface area contributed by atoms with E-state index in [1.165, 1.54) is 64.2 Å². The second-order valence-electron chi connectivity index (χ2n) is 17.4. The summed E-state index contributed by atoms with van der Waals surface area (Å²) in [5.41, 5.74) is 0. The molecule has 0 aromatic carbocycles. The van der Waals surface area contributed by atoms with Crippen molar-refractivity contribution in [3.05, 3.63) is 122 Å². The zero-order valence-corrected chi connectivity index (χ0v) is 42.9. The molecule has 0 saturated carbocycles. The Morgan fingerprint density at radius 3 is 1.11 bits per heavy atom. The van der Waals surface area contributed by atoms with Crippen molar-refractivity contribution in [2.75, 3.05) is 19.8 Å². The van der Waals surface area contributed by atoms with Gasteiger partial charge < -0.3 is 14.2 Å². The second-order valence-corrected chi connectivity index (χ2v) is 17.4. The molecule has 0 amide bonds. The van der Waals surface area contributed by atoms with Crippen molar-refractivity contribution in [1.29, 1.82) is 0 Å².